The molecule has 0 aromatic heterocycles. The van der Waals surface area contributed by atoms with Crippen LogP contribution in [0.4, 0.5) is 15.8 Å². The molecule has 2 aromatic rings. The molecule has 21 heavy (non-hydrogen) atoms. The summed E-state index contributed by atoms with van der Waals surface area (Å²) in [6, 6.07) is 10.6. The average Bonchev–Trinajstić information content (AvgIpc) is 2.47. The number of anilines is 1. The quantitative estimate of drug-likeness (QED) is 0.692. The van der Waals surface area contributed by atoms with Gasteiger partial charge in [-0.2, -0.15) is 5.26 Å². The van der Waals surface area contributed by atoms with E-state index in [9.17, 15) is 19.3 Å². The third kappa shape index (κ3) is 3.19. The molecule has 0 radical (unpaired) electrons. The van der Waals surface area contributed by atoms with Crippen LogP contribution in [0, 0.1) is 27.3 Å². The number of nitro groups is 1. The second-order valence-corrected chi connectivity index (χ2v) is 4.06. The molecule has 2 rings (SSSR count). The van der Waals surface area contributed by atoms with E-state index in [1.807, 2.05) is 6.07 Å². The molecule has 6 nitrogen and oxygen atoms in total. The van der Waals surface area contributed by atoms with Crippen LogP contribution in [0.15, 0.2) is 42.5 Å². The van der Waals surface area contributed by atoms with Crippen LogP contribution in [0.1, 0.15) is 15.9 Å². The molecular weight excluding hydrogens is 277 g/mol. The highest BCUT2D eigenvalue weighted by atomic mass is 19.1. The lowest BCUT2D eigenvalue weighted by molar-refractivity contribution is -0.385. The smallest absolute Gasteiger partial charge is 0.285 e. The molecular formula is C14H8FN3O3. The summed E-state index contributed by atoms with van der Waals surface area (Å²) < 4.78 is 13.0. The molecule has 0 unspecified atom stereocenters. The highest BCUT2D eigenvalue weighted by Crippen LogP contribution is 2.21. The van der Waals surface area contributed by atoms with Crippen molar-refractivity contribution in [1.82, 2.24) is 0 Å². The van der Waals surface area contributed by atoms with Gasteiger partial charge in [-0.05, 0) is 36.4 Å². The summed E-state index contributed by atoms with van der Waals surface area (Å²) in [7, 11) is 0. The molecule has 0 fully saturated rings. The molecule has 104 valence electrons. The van der Waals surface area contributed by atoms with Crippen LogP contribution in [0.3, 0.4) is 0 Å². The number of carbonyl (C=O) groups excluding carboxylic acids is 1. The number of hydrogen-bond acceptors (Lipinski definition) is 4. The van der Waals surface area contributed by atoms with Crippen LogP contribution in [-0.4, -0.2) is 10.8 Å². The van der Waals surface area contributed by atoms with Crippen molar-refractivity contribution in [3.05, 3.63) is 69.5 Å². The Bertz CT molecular complexity index is 751. The summed E-state index contributed by atoms with van der Waals surface area (Å²) in [5.41, 5.74) is -0.0645. The van der Waals surface area contributed by atoms with E-state index in [1.54, 1.807) is 0 Å². The van der Waals surface area contributed by atoms with Gasteiger partial charge in [-0.3, -0.25) is 14.9 Å². The minimum absolute atomic E-state index is 0.245. The highest BCUT2D eigenvalue weighted by Gasteiger charge is 2.21. The Morgan fingerprint density at radius 2 is 1.90 bits per heavy atom. The number of rotatable bonds is 3. The van der Waals surface area contributed by atoms with Gasteiger partial charge < -0.3 is 5.32 Å². The first-order valence-corrected chi connectivity index (χ1v) is 5.76. The second kappa shape index (κ2) is 5.79. The first kappa shape index (κ1) is 14.1. The summed E-state index contributed by atoms with van der Waals surface area (Å²) in [6.07, 6.45) is 0. The molecule has 1 N–H and O–H groups in total. The van der Waals surface area contributed by atoms with Crippen LogP contribution >= 0.6 is 0 Å². The number of halogens is 1. The van der Waals surface area contributed by atoms with E-state index >= 15 is 0 Å². The van der Waals surface area contributed by atoms with Crippen LogP contribution in [-0.2, 0) is 0 Å². The molecule has 0 saturated heterocycles. The van der Waals surface area contributed by atoms with Gasteiger partial charge >= 0.3 is 0 Å². The second-order valence-electron chi connectivity index (χ2n) is 4.06. The summed E-state index contributed by atoms with van der Waals surface area (Å²) in [5.74, 6) is -1.52. The lowest BCUT2D eigenvalue weighted by Gasteiger charge is -2.06. The molecule has 2 aromatic carbocycles. The molecule has 0 bridgehead atoms. The van der Waals surface area contributed by atoms with Crippen LogP contribution in [0.5, 0.6) is 0 Å². The van der Waals surface area contributed by atoms with Gasteiger partial charge in [0.05, 0.1) is 22.6 Å². The van der Waals surface area contributed by atoms with Gasteiger partial charge in [-0.1, -0.05) is 0 Å². The predicted molar refractivity (Wildman–Crippen MR) is 72.2 cm³/mol. The molecule has 0 heterocycles. The topological polar surface area (TPSA) is 96.0 Å². The first-order valence-electron chi connectivity index (χ1n) is 5.76. The molecule has 0 aliphatic rings. The zero-order chi connectivity index (χ0) is 15.4. The van der Waals surface area contributed by atoms with Crippen molar-refractivity contribution in [2.75, 3.05) is 5.32 Å². The van der Waals surface area contributed by atoms with Gasteiger partial charge in [0.2, 0.25) is 0 Å². The Balaban J connectivity index is 2.28. The third-order valence-corrected chi connectivity index (χ3v) is 2.67. The lowest BCUT2D eigenvalue weighted by atomic mass is 10.1. The summed E-state index contributed by atoms with van der Waals surface area (Å²) >= 11 is 0. The van der Waals surface area contributed by atoms with Crippen LogP contribution < -0.4 is 5.32 Å². The summed E-state index contributed by atoms with van der Waals surface area (Å²) in [4.78, 5) is 22.0. The Hall–Kier alpha value is -3.27. The number of amides is 1. The van der Waals surface area contributed by atoms with Crippen molar-refractivity contribution >= 4 is 17.3 Å². The average molecular weight is 285 g/mol. The maximum absolute atomic E-state index is 13.0. The van der Waals surface area contributed by atoms with Gasteiger partial charge in [-0.15, -0.1) is 0 Å². The largest absolute Gasteiger partial charge is 0.322 e. The van der Waals surface area contributed by atoms with Crippen LogP contribution in [0.25, 0.3) is 0 Å². The van der Waals surface area contributed by atoms with E-state index < -0.39 is 22.3 Å². The number of benzene rings is 2. The zero-order valence-electron chi connectivity index (χ0n) is 10.5. The van der Waals surface area contributed by atoms with Crippen molar-refractivity contribution in [2.45, 2.75) is 0 Å². The lowest BCUT2D eigenvalue weighted by Crippen LogP contribution is -2.14. The van der Waals surface area contributed by atoms with Crippen LogP contribution in [0.2, 0.25) is 0 Å². The van der Waals surface area contributed by atoms with Crippen molar-refractivity contribution in [2.24, 2.45) is 0 Å². The number of carbonyl (C=O) groups is 1. The van der Waals surface area contributed by atoms with E-state index in [0.29, 0.717) is 17.3 Å². The zero-order valence-corrected chi connectivity index (χ0v) is 10.5. The van der Waals surface area contributed by atoms with E-state index in [-0.39, 0.29) is 5.56 Å². The molecule has 0 aliphatic heterocycles. The fourth-order valence-electron chi connectivity index (χ4n) is 1.67. The monoisotopic (exact) mass is 285 g/mol. The molecule has 0 saturated carbocycles. The third-order valence-electron chi connectivity index (χ3n) is 2.67. The number of nitrogens with zero attached hydrogens (tertiary/aromatic N) is 2. The Kier molecular flexibility index (Phi) is 3.90. The normalized spacial score (nSPS) is 9.71. The van der Waals surface area contributed by atoms with Crippen molar-refractivity contribution in [3.8, 4) is 6.07 Å². The molecule has 0 aliphatic carbocycles. The molecule has 0 atom stereocenters. The highest BCUT2D eigenvalue weighted by molar-refractivity contribution is 6.07. The maximum Gasteiger partial charge on any atom is 0.285 e. The van der Waals surface area contributed by atoms with Crippen molar-refractivity contribution < 1.29 is 14.1 Å². The number of hydrogen-bond donors (Lipinski definition) is 1. The van der Waals surface area contributed by atoms with Crippen molar-refractivity contribution in [3.63, 3.8) is 0 Å². The Morgan fingerprint density at radius 1 is 1.24 bits per heavy atom. The van der Waals surface area contributed by atoms with Gasteiger partial charge in [0.1, 0.15) is 11.4 Å². The number of nitriles is 1. The fraction of sp³-hybridized carbons (Fsp3) is 0. The Morgan fingerprint density at radius 3 is 2.48 bits per heavy atom. The van der Waals surface area contributed by atoms with Gasteiger partial charge in [0, 0.05) is 5.69 Å². The minimum atomic E-state index is -0.823. The van der Waals surface area contributed by atoms with Gasteiger partial charge in [0.25, 0.3) is 11.6 Å². The number of nitrogens with one attached hydrogen (secondary N) is 1. The van der Waals surface area contributed by atoms with E-state index in [4.69, 9.17) is 5.26 Å². The first-order chi connectivity index (χ1) is 10.0. The van der Waals surface area contributed by atoms with Crippen molar-refractivity contribution in [1.29, 1.82) is 5.26 Å². The van der Waals surface area contributed by atoms with Gasteiger partial charge in [0.15, 0.2) is 0 Å². The fourth-order valence-corrected chi connectivity index (χ4v) is 1.67. The number of nitro benzene ring substituents is 1. The molecule has 1 amide bonds. The molecule has 0 spiro atoms. The maximum atomic E-state index is 13.0. The summed E-state index contributed by atoms with van der Waals surface area (Å²) in [5, 5.41) is 22.0. The van der Waals surface area contributed by atoms with E-state index in [0.717, 1.165) is 12.1 Å². The predicted octanol–water partition coefficient (Wildman–Crippen LogP) is 2.86. The van der Waals surface area contributed by atoms with E-state index in [1.165, 1.54) is 24.3 Å². The molecule has 7 heteroatoms. The van der Waals surface area contributed by atoms with E-state index in [2.05, 4.69) is 5.32 Å². The SMILES string of the molecule is N#Cc1ccc(NC(=O)c2ccc(F)cc2[N+](=O)[O-])cc1. The van der Waals surface area contributed by atoms with Gasteiger partial charge in [-0.25, -0.2) is 4.39 Å². The Labute approximate surface area is 118 Å². The minimum Gasteiger partial charge on any atom is -0.322 e. The standard InChI is InChI=1S/C14H8FN3O3/c15-10-3-6-12(13(7-10)18(20)21)14(19)17-11-4-1-9(8-16)2-5-11/h1-7H,(H,17,19). The summed E-state index contributed by atoms with van der Waals surface area (Å²) in [6.45, 7) is 0.